The predicted octanol–water partition coefficient (Wildman–Crippen LogP) is 2.10. The number of carbonyl (C=O) groups is 1. The molecule has 0 radical (unpaired) electrons. The molecule has 0 bridgehead atoms. The Kier molecular flexibility index (Phi) is 7.31. The van der Waals surface area contributed by atoms with E-state index in [0.29, 0.717) is 5.69 Å². The molecule has 20 heavy (non-hydrogen) atoms. The highest BCUT2D eigenvalue weighted by atomic mass is 127. The number of aliphatic hydroxyl groups excluding tert-OH is 1. The highest BCUT2D eigenvalue weighted by Gasteiger charge is 2.15. The van der Waals surface area contributed by atoms with Crippen LogP contribution < -0.4 is 5.32 Å². The van der Waals surface area contributed by atoms with E-state index in [4.69, 9.17) is 5.11 Å². The molecular weight excluding hydrogens is 381 g/mol. The first-order valence-corrected chi connectivity index (χ1v) is 7.17. The molecule has 112 valence electrons. The zero-order valence-electron chi connectivity index (χ0n) is 11.1. The maximum atomic E-state index is 12.3. The van der Waals surface area contributed by atoms with Gasteiger partial charge in [-0.2, -0.15) is 0 Å². The van der Waals surface area contributed by atoms with Crippen LogP contribution in [0.1, 0.15) is 5.56 Å². The lowest BCUT2D eigenvalue weighted by atomic mass is 10.2. The Balaban J connectivity index is 2.60. The molecule has 0 saturated heterocycles. The predicted molar refractivity (Wildman–Crippen MR) is 82.1 cm³/mol. The standard InChI is InChI=1S/C13H17F2IN2O2/c1-9-6-10(16)2-3-11(9)17-13(20)8-18(4-5-19)7-12(14)15/h2-3,6,12,19H,4-5,7-8H2,1H3,(H,17,20). The van der Waals surface area contributed by atoms with E-state index in [2.05, 4.69) is 27.9 Å². The van der Waals surface area contributed by atoms with Crippen molar-refractivity contribution in [2.75, 3.05) is 31.6 Å². The quantitative estimate of drug-likeness (QED) is 0.692. The van der Waals surface area contributed by atoms with Gasteiger partial charge in [0.05, 0.1) is 19.7 Å². The zero-order chi connectivity index (χ0) is 15.1. The van der Waals surface area contributed by atoms with Gasteiger partial charge in [0.15, 0.2) is 0 Å². The maximum absolute atomic E-state index is 12.3. The first-order valence-electron chi connectivity index (χ1n) is 6.09. The van der Waals surface area contributed by atoms with Gasteiger partial charge in [-0.15, -0.1) is 0 Å². The summed E-state index contributed by atoms with van der Waals surface area (Å²) in [6.45, 7) is 0.949. The topological polar surface area (TPSA) is 52.6 Å². The van der Waals surface area contributed by atoms with Crippen molar-refractivity contribution in [3.05, 3.63) is 27.3 Å². The Hall–Kier alpha value is -0.800. The Bertz CT molecular complexity index is 458. The Morgan fingerprint density at radius 3 is 2.75 bits per heavy atom. The van der Waals surface area contributed by atoms with Gasteiger partial charge in [-0.1, -0.05) is 0 Å². The number of nitrogens with one attached hydrogen (secondary N) is 1. The van der Waals surface area contributed by atoms with E-state index >= 15 is 0 Å². The summed E-state index contributed by atoms with van der Waals surface area (Å²) >= 11 is 2.17. The molecule has 0 aliphatic rings. The van der Waals surface area contributed by atoms with Crippen LogP contribution in [0.15, 0.2) is 18.2 Å². The van der Waals surface area contributed by atoms with E-state index in [0.717, 1.165) is 9.13 Å². The molecule has 0 aliphatic heterocycles. The van der Waals surface area contributed by atoms with Crippen molar-refractivity contribution < 1.29 is 18.7 Å². The van der Waals surface area contributed by atoms with Crippen LogP contribution >= 0.6 is 22.6 Å². The van der Waals surface area contributed by atoms with Gasteiger partial charge in [0.1, 0.15) is 0 Å². The van der Waals surface area contributed by atoms with Gasteiger partial charge in [-0.25, -0.2) is 8.78 Å². The average Bonchev–Trinajstić information content (AvgIpc) is 2.32. The van der Waals surface area contributed by atoms with E-state index in [1.807, 2.05) is 19.1 Å². The number of hydrogen-bond donors (Lipinski definition) is 2. The van der Waals surface area contributed by atoms with Gasteiger partial charge in [0.2, 0.25) is 5.91 Å². The molecule has 1 aromatic rings. The van der Waals surface area contributed by atoms with Crippen molar-refractivity contribution >= 4 is 34.2 Å². The first-order chi connectivity index (χ1) is 9.42. The fourth-order valence-corrected chi connectivity index (χ4v) is 2.38. The lowest BCUT2D eigenvalue weighted by Crippen LogP contribution is -2.38. The number of alkyl halides is 2. The van der Waals surface area contributed by atoms with E-state index in [1.165, 1.54) is 4.90 Å². The number of halogens is 3. The number of benzene rings is 1. The summed E-state index contributed by atoms with van der Waals surface area (Å²) < 4.78 is 25.7. The molecule has 0 saturated carbocycles. The summed E-state index contributed by atoms with van der Waals surface area (Å²) in [4.78, 5) is 13.1. The molecule has 0 aromatic heterocycles. The third-order valence-electron chi connectivity index (χ3n) is 2.64. The van der Waals surface area contributed by atoms with Crippen LogP contribution in [0, 0.1) is 10.5 Å². The van der Waals surface area contributed by atoms with Gasteiger partial charge in [0, 0.05) is 15.8 Å². The number of carbonyl (C=O) groups excluding carboxylic acids is 1. The minimum absolute atomic E-state index is 0.0451. The van der Waals surface area contributed by atoms with Crippen LogP contribution in [0.3, 0.4) is 0 Å². The van der Waals surface area contributed by atoms with Gasteiger partial charge in [0.25, 0.3) is 6.43 Å². The van der Waals surface area contributed by atoms with E-state index in [1.54, 1.807) is 6.07 Å². The van der Waals surface area contributed by atoms with Gasteiger partial charge in [-0.3, -0.25) is 9.69 Å². The number of hydrogen-bond acceptors (Lipinski definition) is 3. The maximum Gasteiger partial charge on any atom is 0.251 e. The monoisotopic (exact) mass is 398 g/mol. The average molecular weight is 398 g/mol. The molecule has 0 heterocycles. The molecule has 1 rings (SSSR count). The van der Waals surface area contributed by atoms with Crippen LogP contribution in [0.5, 0.6) is 0 Å². The van der Waals surface area contributed by atoms with Crippen LogP contribution in [0.25, 0.3) is 0 Å². The second-order valence-electron chi connectivity index (χ2n) is 4.36. The number of anilines is 1. The number of aryl methyl sites for hydroxylation is 1. The van der Waals surface area contributed by atoms with E-state index in [-0.39, 0.29) is 25.6 Å². The molecular formula is C13H17F2IN2O2. The number of rotatable bonds is 7. The molecule has 0 aliphatic carbocycles. The van der Waals surface area contributed by atoms with Crippen molar-refractivity contribution in [3.63, 3.8) is 0 Å². The Morgan fingerprint density at radius 1 is 1.50 bits per heavy atom. The van der Waals surface area contributed by atoms with Crippen molar-refractivity contribution in [2.45, 2.75) is 13.3 Å². The lowest BCUT2D eigenvalue weighted by Gasteiger charge is -2.20. The number of amides is 1. The number of nitrogens with zero attached hydrogens (tertiary/aromatic N) is 1. The molecule has 7 heteroatoms. The summed E-state index contributed by atoms with van der Waals surface area (Å²) in [5, 5.41) is 11.5. The first kappa shape index (κ1) is 17.3. The van der Waals surface area contributed by atoms with Crippen molar-refractivity contribution in [1.82, 2.24) is 4.90 Å². The molecule has 0 spiro atoms. The van der Waals surface area contributed by atoms with E-state index in [9.17, 15) is 13.6 Å². The molecule has 0 unspecified atom stereocenters. The molecule has 0 atom stereocenters. The Labute approximate surface area is 130 Å². The van der Waals surface area contributed by atoms with E-state index < -0.39 is 13.0 Å². The smallest absolute Gasteiger partial charge is 0.251 e. The normalized spacial score (nSPS) is 11.2. The SMILES string of the molecule is Cc1cc(I)ccc1NC(=O)CN(CCO)CC(F)F. The minimum atomic E-state index is -2.53. The van der Waals surface area contributed by atoms with Crippen LogP contribution in [-0.2, 0) is 4.79 Å². The largest absolute Gasteiger partial charge is 0.395 e. The highest BCUT2D eigenvalue weighted by molar-refractivity contribution is 14.1. The Morgan fingerprint density at radius 2 is 2.20 bits per heavy atom. The molecule has 1 amide bonds. The van der Waals surface area contributed by atoms with Crippen molar-refractivity contribution in [2.24, 2.45) is 0 Å². The van der Waals surface area contributed by atoms with Crippen LogP contribution in [0.4, 0.5) is 14.5 Å². The summed E-state index contributed by atoms with van der Waals surface area (Å²) in [5.74, 6) is -0.372. The zero-order valence-corrected chi connectivity index (χ0v) is 13.2. The molecule has 1 aromatic carbocycles. The van der Waals surface area contributed by atoms with Crippen LogP contribution in [0.2, 0.25) is 0 Å². The third kappa shape index (κ3) is 6.10. The molecule has 2 N–H and O–H groups in total. The summed E-state index contributed by atoms with van der Waals surface area (Å²) in [6.07, 6.45) is -2.53. The van der Waals surface area contributed by atoms with Crippen molar-refractivity contribution in [3.8, 4) is 0 Å². The minimum Gasteiger partial charge on any atom is -0.395 e. The fourth-order valence-electron chi connectivity index (χ4n) is 1.73. The molecule has 4 nitrogen and oxygen atoms in total. The highest BCUT2D eigenvalue weighted by Crippen LogP contribution is 2.17. The van der Waals surface area contributed by atoms with Gasteiger partial charge >= 0.3 is 0 Å². The third-order valence-corrected chi connectivity index (χ3v) is 3.31. The summed E-state index contributed by atoms with van der Waals surface area (Å²) in [5.41, 5.74) is 1.57. The van der Waals surface area contributed by atoms with Gasteiger partial charge in [-0.05, 0) is 53.3 Å². The summed E-state index contributed by atoms with van der Waals surface area (Å²) in [6, 6.07) is 5.55. The fraction of sp³-hybridized carbons (Fsp3) is 0.462. The second-order valence-corrected chi connectivity index (χ2v) is 5.60. The van der Waals surface area contributed by atoms with Gasteiger partial charge < -0.3 is 10.4 Å². The van der Waals surface area contributed by atoms with Crippen molar-refractivity contribution in [1.29, 1.82) is 0 Å². The molecule has 0 fully saturated rings. The summed E-state index contributed by atoms with van der Waals surface area (Å²) in [7, 11) is 0. The lowest BCUT2D eigenvalue weighted by molar-refractivity contribution is -0.117. The second kappa shape index (κ2) is 8.48. The number of aliphatic hydroxyl groups is 1. The van der Waals surface area contributed by atoms with Crippen LogP contribution in [-0.4, -0.2) is 48.6 Å².